The van der Waals surface area contributed by atoms with Crippen molar-refractivity contribution in [1.82, 2.24) is 15.5 Å². The van der Waals surface area contributed by atoms with Gasteiger partial charge in [-0.15, -0.1) is 0 Å². The molecule has 0 saturated carbocycles. The molecular formula is C23H27N3O6. The number of benzene rings is 2. The zero-order valence-corrected chi connectivity index (χ0v) is 18.0. The molecule has 0 unspecified atom stereocenters. The Hall–Kier alpha value is -3.30. The molecule has 2 aromatic carbocycles. The molecule has 0 aliphatic carbocycles. The summed E-state index contributed by atoms with van der Waals surface area (Å²) in [4.78, 5) is 27.1. The zero-order chi connectivity index (χ0) is 22.3. The second kappa shape index (κ2) is 10.3. The highest BCUT2D eigenvalue weighted by molar-refractivity contribution is 6.35. The highest BCUT2D eigenvalue weighted by Crippen LogP contribution is 2.35. The molecule has 2 amide bonds. The van der Waals surface area contributed by atoms with Crippen LogP contribution in [0.2, 0.25) is 0 Å². The minimum atomic E-state index is -0.692. The summed E-state index contributed by atoms with van der Waals surface area (Å²) in [5, 5.41) is 5.42. The van der Waals surface area contributed by atoms with Crippen LogP contribution in [0.1, 0.15) is 17.2 Å². The molecule has 9 nitrogen and oxygen atoms in total. The van der Waals surface area contributed by atoms with Crippen molar-refractivity contribution in [2.45, 2.75) is 12.6 Å². The van der Waals surface area contributed by atoms with E-state index in [0.29, 0.717) is 30.5 Å². The number of nitrogens with zero attached hydrogens (tertiary/aromatic N) is 1. The molecule has 0 spiro atoms. The van der Waals surface area contributed by atoms with Gasteiger partial charge >= 0.3 is 11.8 Å². The van der Waals surface area contributed by atoms with E-state index in [1.165, 1.54) is 0 Å². The number of ether oxygens (including phenoxy) is 4. The van der Waals surface area contributed by atoms with Crippen LogP contribution in [0.25, 0.3) is 0 Å². The number of nitrogens with one attached hydrogen (secondary N) is 2. The van der Waals surface area contributed by atoms with Crippen LogP contribution in [0.3, 0.4) is 0 Å². The van der Waals surface area contributed by atoms with Crippen LogP contribution >= 0.6 is 0 Å². The molecule has 0 aromatic heterocycles. The third kappa shape index (κ3) is 5.12. The molecule has 1 atom stereocenters. The fourth-order valence-corrected chi connectivity index (χ4v) is 3.84. The molecule has 170 valence electrons. The monoisotopic (exact) mass is 441 g/mol. The van der Waals surface area contributed by atoms with Gasteiger partial charge in [0.15, 0.2) is 11.5 Å². The van der Waals surface area contributed by atoms with Gasteiger partial charge in [-0.2, -0.15) is 0 Å². The molecule has 2 aromatic rings. The molecule has 32 heavy (non-hydrogen) atoms. The van der Waals surface area contributed by atoms with Crippen molar-refractivity contribution in [2.75, 3.05) is 46.8 Å². The van der Waals surface area contributed by atoms with Crippen molar-refractivity contribution in [3.63, 3.8) is 0 Å². The summed E-state index contributed by atoms with van der Waals surface area (Å²) in [6.07, 6.45) is 0. The quantitative estimate of drug-likeness (QED) is 0.624. The first-order valence-electron chi connectivity index (χ1n) is 10.5. The van der Waals surface area contributed by atoms with E-state index in [9.17, 15) is 9.59 Å². The SMILES string of the molecule is COc1ccccc1CNC(=O)C(=O)NC[C@@H](c1ccc2c(c1)OCO2)N1CCOCC1. The van der Waals surface area contributed by atoms with Crippen molar-refractivity contribution in [3.8, 4) is 17.2 Å². The standard InChI is InChI=1S/C23H27N3O6/c1-29-19-5-3-2-4-17(19)13-24-22(27)23(28)25-14-18(26-8-10-30-11-9-26)16-6-7-20-21(12-16)32-15-31-20/h2-7,12,18H,8-11,13-15H2,1H3,(H,24,27)(H,25,28)/t18-/m0/s1. The van der Waals surface area contributed by atoms with Gasteiger partial charge in [0.2, 0.25) is 6.79 Å². The van der Waals surface area contributed by atoms with Gasteiger partial charge in [-0.25, -0.2) is 0 Å². The Morgan fingerprint density at radius 2 is 1.78 bits per heavy atom. The molecule has 1 fully saturated rings. The van der Waals surface area contributed by atoms with E-state index >= 15 is 0 Å². The van der Waals surface area contributed by atoms with Crippen LogP contribution in [0.4, 0.5) is 0 Å². The average molecular weight is 441 g/mol. The first kappa shape index (κ1) is 21.9. The molecule has 2 N–H and O–H groups in total. The van der Waals surface area contributed by atoms with Crippen molar-refractivity contribution in [3.05, 3.63) is 53.6 Å². The van der Waals surface area contributed by atoms with E-state index in [2.05, 4.69) is 15.5 Å². The highest BCUT2D eigenvalue weighted by atomic mass is 16.7. The summed E-state index contributed by atoms with van der Waals surface area (Å²) in [5.74, 6) is 0.667. The van der Waals surface area contributed by atoms with Crippen LogP contribution in [0.5, 0.6) is 17.2 Å². The maximum Gasteiger partial charge on any atom is 0.309 e. The topological polar surface area (TPSA) is 98.4 Å². The van der Waals surface area contributed by atoms with E-state index in [1.807, 2.05) is 36.4 Å². The summed E-state index contributed by atoms with van der Waals surface area (Å²) in [7, 11) is 1.56. The van der Waals surface area contributed by atoms with Gasteiger partial charge in [0.25, 0.3) is 0 Å². The van der Waals surface area contributed by atoms with Crippen LogP contribution in [-0.2, 0) is 20.9 Å². The minimum absolute atomic E-state index is 0.126. The summed E-state index contributed by atoms with van der Waals surface area (Å²) in [5.41, 5.74) is 1.77. The normalized spacial score (nSPS) is 16.3. The Labute approximate surface area is 186 Å². The van der Waals surface area contributed by atoms with Crippen LogP contribution in [0, 0.1) is 0 Å². The van der Waals surface area contributed by atoms with E-state index in [-0.39, 0.29) is 25.9 Å². The van der Waals surface area contributed by atoms with E-state index in [0.717, 1.165) is 24.2 Å². The number of fused-ring (bicyclic) bond motifs is 1. The van der Waals surface area contributed by atoms with Gasteiger partial charge < -0.3 is 29.6 Å². The Kier molecular flexibility index (Phi) is 7.08. The van der Waals surface area contributed by atoms with Gasteiger partial charge in [-0.3, -0.25) is 14.5 Å². The summed E-state index contributed by atoms with van der Waals surface area (Å²) in [6, 6.07) is 13.0. The number of rotatable bonds is 7. The Bertz CT molecular complexity index is 960. The number of carbonyl (C=O) groups is 2. The van der Waals surface area contributed by atoms with Crippen molar-refractivity contribution in [1.29, 1.82) is 0 Å². The lowest BCUT2D eigenvalue weighted by Crippen LogP contribution is -2.46. The highest BCUT2D eigenvalue weighted by Gasteiger charge is 2.26. The van der Waals surface area contributed by atoms with E-state index in [1.54, 1.807) is 13.2 Å². The molecule has 2 aliphatic heterocycles. The fourth-order valence-electron chi connectivity index (χ4n) is 3.84. The van der Waals surface area contributed by atoms with Gasteiger partial charge in [-0.05, 0) is 23.8 Å². The van der Waals surface area contributed by atoms with Gasteiger partial charge in [0.05, 0.1) is 26.4 Å². The predicted molar refractivity (Wildman–Crippen MR) is 116 cm³/mol. The smallest absolute Gasteiger partial charge is 0.309 e. The van der Waals surface area contributed by atoms with Gasteiger partial charge in [0, 0.05) is 31.7 Å². The van der Waals surface area contributed by atoms with Crippen LogP contribution < -0.4 is 24.8 Å². The summed E-state index contributed by atoms with van der Waals surface area (Å²) >= 11 is 0. The second-order valence-corrected chi connectivity index (χ2v) is 7.48. The maximum atomic E-state index is 12.5. The van der Waals surface area contributed by atoms with Gasteiger partial charge in [-0.1, -0.05) is 24.3 Å². The molecule has 2 aliphatic rings. The lowest BCUT2D eigenvalue weighted by Gasteiger charge is -2.34. The number of amides is 2. The summed E-state index contributed by atoms with van der Waals surface area (Å²) < 4.78 is 21.7. The van der Waals surface area contributed by atoms with Crippen molar-refractivity contribution in [2.24, 2.45) is 0 Å². The molecule has 0 radical (unpaired) electrons. The average Bonchev–Trinajstić information content (AvgIpc) is 3.31. The first-order valence-corrected chi connectivity index (χ1v) is 10.5. The lowest BCUT2D eigenvalue weighted by molar-refractivity contribution is -0.139. The third-order valence-electron chi connectivity index (χ3n) is 5.56. The molecule has 1 saturated heterocycles. The van der Waals surface area contributed by atoms with Crippen molar-refractivity contribution >= 4 is 11.8 Å². The van der Waals surface area contributed by atoms with Crippen LogP contribution in [-0.4, -0.2) is 63.5 Å². The number of para-hydroxylation sites is 1. The fraction of sp³-hybridized carbons (Fsp3) is 0.391. The van der Waals surface area contributed by atoms with Crippen molar-refractivity contribution < 1.29 is 28.5 Å². The third-order valence-corrected chi connectivity index (χ3v) is 5.56. The van der Waals surface area contributed by atoms with Crippen LogP contribution in [0.15, 0.2) is 42.5 Å². The molecule has 2 heterocycles. The van der Waals surface area contributed by atoms with E-state index < -0.39 is 11.8 Å². The zero-order valence-electron chi connectivity index (χ0n) is 18.0. The minimum Gasteiger partial charge on any atom is -0.496 e. The first-order chi connectivity index (χ1) is 15.7. The largest absolute Gasteiger partial charge is 0.496 e. The molecular weight excluding hydrogens is 414 g/mol. The number of methoxy groups -OCH3 is 1. The van der Waals surface area contributed by atoms with Gasteiger partial charge in [0.1, 0.15) is 5.75 Å². The van der Waals surface area contributed by atoms with E-state index in [4.69, 9.17) is 18.9 Å². The lowest BCUT2D eigenvalue weighted by atomic mass is 10.0. The molecule has 4 rings (SSSR count). The Morgan fingerprint density at radius 1 is 1.03 bits per heavy atom. The Morgan fingerprint density at radius 3 is 2.59 bits per heavy atom. The summed E-state index contributed by atoms with van der Waals surface area (Å²) in [6.45, 7) is 3.38. The number of hydrogen-bond acceptors (Lipinski definition) is 7. The maximum absolute atomic E-state index is 12.5. The molecule has 0 bridgehead atoms. The predicted octanol–water partition coefficient (Wildman–Crippen LogP) is 1.23. The number of hydrogen-bond donors (Lipinski definition) is 2. The second-order valence-electron chi connectivity index (χ2n) is 7.48. The number of carbonyl (C=O) groups excluding carboxylic acids is 2. The number of morpholine rings is 1. The Balaban J connectivity index is 1.38. The molecule has 9 heteroatoms.